The summed E-state index contributed by atoms with van der Waals surface area (Å²) in [5.41, 5.74) is -1.03. The van der Waals surface area contributed by atoms with E-state index in [1.165, 1.54) is 18.2 Å². The van der Waals surface area contributed by atoms with E-state index in [0.717, 1.165) is 0 Å². The number of rotatable bonds is 2. The molecule has 1 aromatic rings. The van der Waals surface area contributed by atoms with E-state index in [1.807, 2.05) is 27.7 Å². The minimum absolute atomic E-state index is 0.286. The molecule has 1 aliphatic rings. The van der Waals surface area contributed by atoms with E-state index in [2.05, 4.69) is 4.98 Å². The molecule has 0 aliphatic carbocycles. The van der Waals surface area contributed by atoms with Crippen LogP contribution in [0.25, 0.3) is 6.08 Å². The lowest BCUT2D eigenvalue weighted by atomic mass is 9.89. The summed E-state index contributed by atoms with van der Waals surface area (Å²) in [5.74, 6) is 0.966. The molecule has 102 valence electrons. The fourth-order valence-electron chi connectivity index (χ4n) is 1.74. The molecule has 2 rings (SSSR count). The highest BCUT2D eigenvalue weighted by molar-refractivity contribution is 6.52. The highest BCUT2D eigenvalue weighted by atomic mass is 19.1. The summed E-state index contributed by atoms with van der Waals surface area (Å²) in [6.45, 7) is 7.78. The Balaban J connectivity index is 2.15. The van der Waals surface area contributed by atoms with Crippen molar-refractivity contribution in [3.05, 3.63) is 40.0 Å². The lowest BCUT2D eigenvalue weighted by Gasteiger charge is -2.32. The topological polar surface area (TPSA) is 51.3 Å². The van der Waals surface area contributed by atoms with Gasteiger partial charge in [0, 0.05) is 11.6 Å². The summed E-state index contributed by atoms with van der Waals surface area (Å²) in [6.07, 6.45) is 1.54. The molecule has 0 atom stereocenters. The van der Waals surface area contributed by atoms with Crippen LogP contribution in [0, 0.1) is 5.95 Å². The maximum Gasteiger partial charge on any atom is 0.487 e. The van der Waals surface area contributed by atoms with Crippen molar-refractivity contribution >= 4 is 13.2 Å². The van der Waals surface area contributed by atoms with Gasteiger partial charge < -0.3 is 9.31 Å². The standard InChI is InChI=1S/C13H17BFNO3/c1-12(2)13(3,4)19-14(18-12)8-7-9-5-6-10(17)16-11(9)15/h5-8H,1-4H3,(H,16,17)/b8-7+. The molecule has 0 spiro atoms. The van der Waals surface area contributed by atoms with E-state index >= 15 is 0 Å². The second-order valence-electron chi connectivity index (χ2n) is 5.58. The molecule has 0 radical (unpaired) electrons. The average molecular weight is 265 g/mol. The number of aromatic nitrogens is 1. The Kier molecular flexibility index (Phi) is 3.41. The van der Waals surface area contributed by atoms with Crippen LogP contribution in [-0.4, -0.2) is 23.3 Å². The Labute approximate surface area is 111 Å². The summed E-state index contributed by atoms with van der Waals surface area (Å²) in [5, 5.41) is 0. The van der Waals surface area contributed by atoms with Crippen LogP contribution in [0.2, 0.25) is 0 Å². The van der Waals surface area contributed by atoms with E-state index in [0.29, 0.717) is 0 Å². The van der Waals surface area contributed by atoms with Crippen LogP contribution < -0.4 is 5.56 Å². The summed E-state index contributed by atoms with van der Waals surface area (Å²) in [6, 6.07) is 2.68. The molecule has 1 N–H and O–H groups in total. The maximum atomic E-state index is 13.4. The van der Waals surface area contributed by atoms with E-state index < -0.39 is 29.8 Å². The number of nitrogens with one attached hydrogen (secondary N) is 1. The van der Waals surface area contributed by atoms with Crippen LogP contribution in [0.3, 0.4) is 0 Å². The van der Waals surface area contributed by atoms with E-state index in [4.69, 9.17) is 9.31 Å². The Morgan fingerprint density at radius 1 is 1.21 bits per heavy atom. The Morgan fingerprint density at radius 2 is 1.79 bits per heavy atom. The third-order valence-corrected chi connectivity index (χ3v) is 3.61. The molecule has 1 aromatic heterocycles. The summed E-state index contributed by atoms with van der Waals surface area (Å²) < 4.78 is 24.9. The second-order valence-corrected chi connectivity index (χ2v) is 5.58. The Morgan fingerprint density at radius 3 is 2.32 bits per heavy atom. The van der Waals surface area contributed by atoms with Gasteiger partial charge in [-0.15, -0.1) is 0 Å². The van der Waals surface area contributed by atoms with Crippen molar-refractivity contribution in [2.24, 2.45) is 0 Å². The first-order valence-electron chi connectivity index (χ1n) is 6.14. The zero-order valence-corrected chi connectivity index (χ0v) is 11.5. The first-order valence-corrected chi connectivity index (χ1v) is 6.14. The molecule has 1 fully saturated rings. The number of halogens is 1. The number of pyridine rings is 1. The smallest absolute Gasteiger partial charge is 0.400 e. The van der Waals surface area contributed by atoms with Crippen LogP contribution in [0.15, 0.2) is 22.9 Å². The predicted octanol–water partition coefficient (Wildman–Crippen LogP) is 2.16. The van der Waals surface area contributed by atoms with Crippen molar-refractivity contribution in [3.63, 3.8) is 0 Å². The molecule has 1 saturated heterocycles. The van der Waals surface area contributed by atoms with Crippen molar-refractivity contribution in [1.82, 2.24) is 4.98 Å². The van der Waals surface area contributed by atoms with Crippen LogP contribution in [-0.2, 0) is 9.31 Å². The van der Waals surface area contributed by atoms with Gasteiger partial charge in [0.2, 0.25) is 11.5 Å². The summed E-state index contributed by atoms with van der Waals surface area (Å²) >= 11 is 0. The van der Waals surface area contributed by atoms with Crippen molar-refractivity contribution in [2.45, 2.75) is 38.9 Å². The molecule has 6 heteroatoms. The molecule has 4 nitrogen and oxygen atoms in total. The lowest BCUT2D eigenvalue weighted by Crippen LogP contribution is -2.41. The van der Waals surface area contributed by atoms with Crippen molar-refractivity contribution in [3.8, 4) is 0 Å². The van der Waals surface area contributed by atoms with Gasteiger partial charge >= 0.3 is 7.12 Å². The average Bonchev–Trinajstić information content (AvgIpc) is 2.46. The SMILES string of the molecule is CC1(C)OB(/C=C/c2ccc(=O)[nH]c2F)OC1(C)C. The molecule has 0 unspecified atom stereocenters. The van der Waals surface area contributed by atoms with E-state index in [9.17, 15) is 9.18 Å². The molecular formula is C13H17BFNO3. The van der Waals surface area contributed by atoms with Gasteiger partial charge in [0.05, 0.1) is 11.2 Å². The molecule has 0 aromatic carbocycles. The van der Waals surface area contributed by atoms with Gasteiger partial charge in [-0.05, 0) is 33.8 Å². The molecule has 0 amide bonds. The van der Waals surface area contributed by atoms with Crippen LogP contribution in [0.5, 0.6) is 0 Å². The normalized spacial score (nSPS) is 21.2. The second kappa shape index (κ2) is 4.61. The van der Waals surface area contributed by atoms with Gasteiger partial charge in [-0.1, -0.05) is 12.1 Å². The number of H-pyrrole nitrogens is 1. The van der Waals surface area contributed by atoms with Gasteiger partial charge in [0.1, 0.15) is 0 Å². The molecule has 0 saturated carbocycles. The van der Waals surface area contributed by atoms with Crippen molar-refractivity contribution < 1.29 is 13.7 Å². The van der Waals surface area contributed by atoms with Gasteiger partial charge in [-0.25, -0.2) is 0 Å². The van der Waals surface area contributed by atoms with E-state index in [1.54, 1.807) is 5.98 Å². The first-order chi connectivity index (χ1) is 8.71. The van der Waals surface area contributed by atoms with Gasteiger partial charge in [0.25, 0.3) is 0 Å². The predicted molar refractivity (Wildman–Crippen MR) is 72.1 cm³/mol. The lowest BCUT2D eigenvalue weighted by molar-refractivity contribution is 0.00578. The van der Waals surface area contributed by atoms with E-state index in [-0.39, 0.29) is 5.56 Å². The molecule has 1 aliphatic heterocycles. The number of aromatic amines is 1. The maximum absolute atomic E-state index is 13.4. The fraction of sp³-hybridized carbons (Fsp3) is 0.462. The Bertz CT molecular complexity index is 549. The van der Waals surface area contributed by atoms with Gasteiger partial charge in [-0.2, -0.15) is 4.39 Å². The zero-order chi connectivity index (χ0) is 14.3. The third-order valence-electron chi connectivity index (χ3n) is 3.61. The van der Waals surface area contributed by atoms with Gasteiger partial charge in [-0.3, -0.25) is 9.78 Å². The summed E-state index contributed by atoms with van der Waals surface area (Å²) in [7, 11) is -0.531. The van der Waals surface area contributed by atoms with Crippen molar-refractivity contribution in [1.29, 1.82) is 0 Å². The zero-order valence-electron chi connectivity index (χ0n) is 11.5. The number of hydrogen-bond acceptors (Lipinski definition) is 3. The van der Waals surface area contributed by atoms with Crippen LogP contribution in [0.4, 0.5) is 4.39 Å². The quantitative estimate of drug-likeness (QED) is 0.658. The minimum atomic E-state index is -0.666. The first kappa shape index (κ1) is 14.0. The third kappa shape index (κ3) is 2.79. The molecule has 19 heavy (non-hydrogen) atoms. The van der Waals surface area contributed by atoms with Gasteiger partial charge in [0.15, 0.2) is 0 Å². The minimum Gasteiger partial charge on any atom is -0.400 e. The summed E-state index contributed by atoms with van der Waals surface area (Å²) in [4.78, 5) is 13.0. The van der Waals surface area contributed by atoms with Crippen molar-refractivity contribution in [2.75, 3.05) is 0 Å². The highest BCUT2D eigenvalue weighted by Gasteiger charge is 2.49. The number of hydrogen-bond donors (Lipinski definition) is 1. The molecule has 2 heterocycles. The molecular weight excluding hydrogens is 248 g/mol. The van der Waals surface area contributed by atoms with Crippen LogP contribution >= 0.6 is 0 Å². The molecule has 0 bridgehead atoms. The highest BCUT2D eigenvalue weighted by Crippen LogP contribution is 2.36. The monoisotopic (exact) mass is 265 g/mol. The Hall–Kier alpha value is -1.40. The van der Waals surface area contributed by atoms with Crippen LogP contribution in [0.1, 0.15) is 33.3 Å². The fourth-order valence-corrected chi connectivity index (χ4v) is 1.74. The largest absolute Gasteiger partial charge is 0.487 e.